The van der Waals surface area contributed by atoms with Crippen LogP contribution in [0.4, 0.5) is 0 Å². The second-order valence-electron chi connectivity index (χ2n) is 4.29. The highest BCUT2D eigenvalue weighted by Gasteiger charge is 2.21. The molecule has 0 aliphatic rings. The Morgan fingerprint density at radius 2 is 2.22 bits per heavy atom. The third-order valence-corrected chi connectivity index (χ3v) is 3.48. The van der Waals surface area contributed by atoms with Crippen molar-refractivity contribution in [2.75, 3.05) is 19.1 Å². The summed E-state index contributed by atoms with van der Waals surface area (Å²) in [5, 5.41) is 13.6. The Balaban J connectivity index is 2.60. The quantitative estimate of drug-likeness (QED) is 0.847. The van der Waals surface area contributed by atoms with E-state index in [1.54, 1.807) is 18.8 Å². The Morgan fingerprint density at radius 1 is 1.56 bits per heavy atom. The van der Waals surface area contributed by atoms with Gasteiger partial charge in [-0.3, -0.25) is 4.79 Å². The summed E-state index contributed by atoms with van der Waals surface area (Å²) in [6.45, 7) is 4.07. The van der Waals surface area contributed by atoms with Gasteiger partial charge in [-0.25, -0.2) is 0 Å². The molecule has 0 fully saturated rings. The van der Waals surface area contributed by atoms with Gasteiger partial charge >= 0.3 is 0 Å². The third kappa shape index (κ3) is 3.74. The molecule has 1 rings (SSSR count). The molecule has 0 saturated carbocycles. The van der Waals surface area contributed by atoms with E-state index in [0.717, 1.165) is 17.0 Å². The number of hydrogen-bond acceptors (Lipinski definition) is 5. The van der Waals surface area contributed by atoms with E-state index in [1.807, 2.05) is 20.1 Å². The molecule has 0 aliphatic heterocycles. The zero-order valence-electron chi connectivity index (χ0n) is 11.3. The SMILES string of the molecule is CSCC[C@H](O)C(=O)N(C)Cc1c(C)noc1C. The lowest BCUT2D eigenvalue weighted by Crippen LogP contribution is -2.36. The summed E-state index contributed by atoms with van der Waals surface area (Å²) >= 11 is 1.61. The van der Waals surface area contributed by atoms with Crippen LogP contribution in [0.25, 0.3) is 0 Å². The third-order valence-electron chi connectivity index (χ3n) is 2.83. The normalized spacial score (nSPS) is 12.5. The first-order valence-corrected chi connectivity index (χ1v) is 7.20. The van der Waals surface area contributed by atoms with E-state index in [2.05, 4.69) is 5.16 Å². The second-order valence-corrected chi connectivity index (χ2v) is 5.28. The number of nitrogens with zero attached hydrogens (tertiary/aromatic N) is 2. The summed E-state index contributed by atoms with van der Waals surface area (Å²) in [5.74, 6) is 1.22. The van der Waals surface area contributed by atoms with Crippen LogP contribution in [-0.4, -0.2) is 46.2 Å². The van der Waals surface area contributed by atoms with Crippen LogP contribution in [0.3, 0.4) is 0 Å². The van der Waals surface area contributed by atoms with E-state index in [1.165, 1.54) is 4.90 Å². The number of amides is 1. The number of aliphatic hydroxyl groups is 1. The van der Waals surface area contributed by atoms with Crippen molar-refractivity contribution in [1.29, 1.82) is 0 Å². The Labute approximate surface area is 112 Å². The number of carbonyl (C=O) groups excluding carboxylic acids is 1. The highest BCUT2D eigenvalue weighted by atomic mass is 32.2. The molecule has 1 N–H and O–H groups in total. The average Bonchev–Trinajstić information content (AvgIpc) is 2.66. The van der Waals surface area contributed by atoms with E-state index < -0.39 is 6.10 Å². The first kappa shape index (κ1) is 15.0. The summed E-state index contributed by atoms with van der Waals surface area (Å²) < 4.78 is 5.05. The topological polar surface area (TPSA) is 66.6 Å². The summed E-state index contributed by atoms with van der Waals surface area (Å²) in [4.78, 5) is 13.4. The molecule has 6 heteroatoms. The lowest BCUT2D eigenvalue weighted by atomic mass is 10.2. The fraction of sp³-hybridized carbons (Fsp3) is 0.667. The Kier molecular flexibility index (Phi) is 5.68. The molecule has 1 amide bonds. The van der Waals surface area contributed by atoms with Crippen LogP contribution in [0.15, 0.2) is 4.52 Å². The van der Waals surface area contributed by atoms with Gasteiger partial charge in [0, 0.05) is 12.6 Å². The number of rotatable bonds is 6. The van der Waals surface area contributed by atoms with Crippen LogP contribution in [0.5, 0.6) is 0 Å². The number of likely N-dealkylation sites (N-methyl/N-ethyl adjacent to an activating group) is 1. The van der Waals surface area contributed by atoms with Gasteiger partial charge in [0.2, 0.25) is 0 Å². The first-order chi connectivity index (χ1) is 8.47. The van der Waals surface area contributed by atoms with Gasteiger partial charge in [0.05, 0.1) is 12.2 Å². The van der Waals surface area contributed by atoms with Crippen molar-refractivity contribution in [2.24, 2.45) is 0 Å². The molecular weight excluding hydrogens is 252 g/mol. The van der Waals surface area contributed by atoms with Crippen molar-refractivity contribution in [1.82, 2.24) is 10.1 Å². The zero-order valence-corrected chi connectivity index (χ0v) is 12.1. The minimum absolute atomic E-state index is 0.260. The number of carbonyl (C=O) groups is 1. The molecule has 1 aromatic heterocycles. The van der Waals surface area contributed by atoms with Gasteiger partial charge in [-0.1, -0.05) is 5.16 Å². The monoisotopic (exact) mass is 272 g/mol. The molecule has 0 aromatic carbocycles. The van der Waals surface area contributed by atoms with Gasteiger partial charge in [0.25, 0.3) is 5.91 Å². The predicted octanol–water partition coefficient (Wildman–Crippen LogP) is 1.36. The maximum Gasteiger partial charge on any atom is 0.251 e. The summed E-state index contributed by atoms with van der Waals surface area (Å²) in [6.07, 6.45) is 1.50. The molecule has 0 spiro atoms. The zero-order chi connectivity index (χ0) is 13.7. The van der Waals surface area contributed by atoms with Crippen LogP contribution in [0.2, 0.25) is 0 Å². The fourth-order valence-corrected chi connectivity index (χ4v) is 2.11. The molecule has 0 radical (unpaired) electrons. The molecule has 18 heavy (non-hydrogen) atoms. The van der Waals surface area contributed by atoms with E-state index in [0.29, 0.717) is 18.7 Å². The highest BCUT2D eigenvalue weighted by molar-refractivity contribution is 7.98. The maximum absolute atomic E-state index is 11.9. The number of aryl methyl sites for hydroxylation is 2. The molecular formula is C12H20N2O3S. The molecule has 102 valence electrons. The Morgan fingerprint density at radius 3 is 2.72 bits per heavy atom. The molecule has 0 unspecified atom stereocenters. The number of aliphatic hydroxyl groups excluding tert-OH is 1. The summed E-state index contributed by atoms with van der Waals surface area (Å²) in [5.41, 5.74) is 1.69. The summed E-state index contributed by atoms with van der Waals surface area (Å²) in [7, 11) is 1.68. The molecule has 0 aliphatic carbocycles. The number of aromatic nitrogens is 1. The number of hydrogen-bond donors (Lipinski definition) is 1. The molecule has 1 heterocycles. The fourth-order valence-electron chi connectivity index (χ4n) is 1.65. The van der Waals surface area contributed by atoms with Crippen molar-refractivity contribution < 1.29 is 14.4 Å². The van der Waals surface area contributed by atoms with Gasteiger partial charge in [-0.15, -0.1) is 0 Å². The van der Waals surface area contributed by atoms with Crippen molar-refractivity contribution in [2.45, 2.75) is 32.9 Å². The van der Waals surface area contributed by atoms with Crippen LogP contribution in [-0.2, 0) is 11.3 Å². The van der Waals surface area contributed by atoms with Crippen molar-refractivity contribution >= 4 is 17.7 Å². The van der Waals surface area contributed by atoms with E-state index >= 15 is 0 Å². The highest BCUT2D eigenvalue weighted by Crippen LogP contribution is 2.15. The molecule has 1 aromatic rings. The van der Waals surface area contributed by atoms with Gasteiger partial charge < -0.3 is 14.5 Å². The smallest absolute Gasteiger partial charge is 0.251 e. The van der Waals surface area contributed by atoms with Gasteiger partial charge in [-0.2, -0.15) is 11.8 Å². The van der Waals surface area contributed by atoms with Crippen LogP contribution in [0, 0.1) is 13.8 Å². The van der Waals surface area contributed by atoms with Crippen molar-refractivity contribution in [3.8, 4) is 0 Å². The lowest BCUT2D eigenvalue weighted by molar-refractivity contribution is -0.139. The first-order valence-electron chi connectivity index (χ1n) is 5.81. The predicted molar refractivity (Wildman–Crippen MR) is 71.5 cm³/mol. The van der Waals surface area contributed by atoms with E-state index in [-0.39, 0.29) is 5.91 Å². The van der Waals surface area contributed by atoms with Gasteiger partial charge in [-0.05, 0) is 32.3 Å². The van der Waals surface area contributed by atoms with Crippen LogP contribution >= 0.6 is 11.8 Å². The largest absolute Gasteiger partial charge is 0.383 e. The Hall–Kier alpha value is -1.01. The van der Waals surface area contributed by atoms with Crippen molar-refractivity contribution in [3.63, 3.8) is 0 Å². The van der Waals surface area contributed by atoms with Gasteiger partial charge in [0.15, 0.2) is 0 Å². The van der Waals surface area contributed by atoms with E-state index in [4.69, 9.17) is 4.52 Å². The standard InChI is InChI=1S/C12H20N2O3S/c1-8-10(9(2)17-13-8)7-14(3)12(16)11(15)5-6-18-4/h11,15H,5-7H2,1-4H3/t11-/m0/s1. The summed E-state index contributed by atoms with van der Waals surface area (Å²) in [6, 6.07) is 0. The lowest BCUT2D eigenvalue weighted by Gasteiger charge is -2.20. The minimum Gasteiger partial charge on any atom is -0.383 e. The molecule has 1 atom stereocenters. The van der Waals surface area contributed by atoms with Crippen LogP contribution in [0.1, 0.15) is 23.4 Å². The Bertz CT molecular complexity index is 387. The minimum atomic E-state index is -0.928. The molecule has 5 nitrogen and oxygen atoms in total. The maximum atomic E-state index is 11.9. The van der Waals surface area contributed by atoms with Crippen LogP contribution < -0.4 is 0 Å². The average molecular weight is 272 g/mol. The number of thioether (sulfide) groups is 1. The van der Waals surface area contributed by atoms with E-state index in [9.17, 15) is 9.90 Å². The van der Waals surface area contributed by atoms with Crippen molar-refractivity contribution in [3.05, 3.63) is 17.0 Å². The molecule has 0 saturated heterocycles. The second kappa shape index (κ2) is 6.80. The molecule has 0 bridgehead atoms. The van der Waals surface area contributed by atoms with Gasteiger partial charge in [0.1, 0.15) is 11.9 Å².